The highest BCUT2D eigenvalue weighted by Gasteiger charge is 2.24. The van der Waals surface area contributed by atoms with Crippen molar-refractivity contribution in [2.24, 2.45) is 7.05 Å². The van der Waals surface area contributed by atoms with E-state index in [1.807, 2.05) is 39.1 Å². The van der Waals surface area contributed by atoms with Gasteiger partial charge in [0.1, 0.15) is 11.9 Å². The molecule has 3 rings (SSSR count). The highest BCUT2D eigenvalue weighted by molar-refractivity contribution is 5.96. The number of aromatic nitrogens is 2. The highest BCUT2D eigenvalue weighted by atomic mass is 16.5. The number of rotatable bonds is 3. The van der Waals surface area contributed by atoms with Crippen molar-refractivity contribution in [3.05, 3.63) is 46.8 Å². The summed E-state index contributed by atoms with van der Waals surface area (Å²) < 4.78 is 7.55. The van der Waals surface area contributed by atoms with Crippen LogP contribution in [0.5, 0.6) is 5.75 Å². The van der Waals surface area contributed by atoms with Gasteiger partial charge < -0.3 is 10.1 Å². The van der Waals surface area contributed by atoms with Gasteiger partial charge in [0.05, 0.1) is 17.8 Å². The second-order valence-electron chi connectivity index (χ2n) is 5.43. The maximum atomic E-state index is 12.3. The molecule has 0 saturated carbocycles. The lowest BCUT2D eigenvalue weighted by molar-refractivity contribution is 0.0932. The number of aryl methyl sites for hydroxylation is 2. The number of hydrogen-bond acceptors (Lipinski definition) is 3. The Kier molecular flexibility index (Phi) is 3.41. The molecule has 0 radical (unpaired) electrons. The minimum absolute atomic E-state index is 0.00336. The average Bonchev–Trinajstić information content (AvgIpc) is 2.97. The van der Waals surface area contributed by atoms with Crippen LogP contribution in [-0.4, -0.2) is 28.3 Å². The lowest BCUT2D eigenvalue weighted by atomic mass is 10.1. The molecule has 1 aromatic carbocycles. The first kappa shape index (κ1) is 13.7. The van der Waals surface area contributed by atoms with Crippen molar-refractivity contribution in [1.82, 2.24) is 15.1 Å². The molecular formula is C16H19N3O2. The molecule has 21 heavy (non-hydrogen) atoms. The lowest BCUT2D eigenvalue weighted by Gasteiger charge is -2.12. The normalized spacial score (nSPS) is 16.4. The summed E-state index contributed by atoms with van der Waals surface area (Å²) in [6, 6.07) is 7.99. The SMILES string of the molecule is Cc1nn(C)c(C)c1C(=O)NCC1Cc2ccccc2O1. The van der Waals surface area contributed by atoms with E-state index in [0.717, 1.165) is 23.6 Å². The Morgan fingerprint density at radius 3 is 2.86 bits per heavy atom. The van der Waals surface area contributed by atoms with Crippen LogP contribution in [0.3, 0.4) is 0 Å². The van der Waals surface area contributed by atoms with E-state index in [9.17, 15) is 4.79 Å². The number of nitrogens with one attached hydrogen (secondary N) is 1. The number of fused-ring (bicyclic) bond motifs is 1. The smallest absolute Gasteiger partial charge is 0.255 e. The van der Waals surface area contributed by atoms with Crippen LogP contribution in [0.25, 0.3) is 0 Å². The molecule has 0 aliphatic carbocycles. The van der Waals surface area contributed by atoms with Crippen LogP contribution in [-0.2, 0) is 13.5 Å². The van der Waals surface area contributed by atoms with Crippen LogP contribution in [0.4, 0.5) is 0 Å². The molecule has 2 heterocycles. The molecular weight excluding hydrogens is 266 g/mol. The summed E-state index contributed by atoms with van der Waals surface area (Å²) in [5, 5.41) is 7.22. The average molecular weight is 285 g/mol. The first-order valence-corrected chi connectivity index (χ1v) is 7.09. The lowest BCUT2D eigenvalue weighted by Crippen LogP contribution is -2.34. The molecule has 1 atom stereocenters. The predicted octanol–water partition coefficient (Wildman–Crippen LogP) is 1.77. The van der Waals surface area contributed by atoms with Gasteiger partial charge in [-0.1, -0.05) is 18.2 Å². The quantitative estimate of drug-likeness (QED) is 0.935. The summed E-state index contributed by atoms with van der Waals surface area (Å²) in [6.07, 6.45) is 0.838. The monoisotopic (exact) mass is 285 g/mol. The third-order valence-corrected chi connectivity index (χ3v) is 3.94. The maximum Gasteiger partial charge on any atom is 0.255 e. The second kappa shape index (κ2) is 5.24. The summed E-state index contributed by atoms with van der Waals surface area (Å²) in [7, 11) is 1.84. The van der Waals surface area contributed by atoms with Crippen LogP contribution in [0.1, 0.15) is 27.3 Å². The molecule has 5 nitrogen and oxygen atoms in total. The van der Waals surface area contributed by atoms with Crippen molar-refractivity contribution in [1.29, 1.82) is 0 Å². The number of benzene rings is 1. The Labute approximate surface area is 123 Å². The van der Waals surface area contributed by atoms with Gasteiger partial charge in [0.2, 0.25) is 0 Å². The summed E-state index contributed by atoms with van der Waals surface area (Å²) in [4.78, 5) is 12.3. The topological polar surface area (TPSA) is 56.2 Å². The molecule has 1 unspecified atom stereocenters. The van der Waals surface area contributed by atoms with Crippen LogP contribution >= 0.6 is 0 Å². The van der Waals surface area contributed by atoms with E-state index in [1.54, 1.807) is 4.68 Å². The number of carbonyl (C=O) groups excluding carboxylic acids is 1. The predicted molar refractivity (Wildman–Crippen MR) is 79.6 cm³/mol. The Hall–Kier alpha value is -2.30. The number of nitrogens with zero attached hydrogens (tertiary/aromatic N) is 2. The summed E-state index contributed by atoms with van der Waals surface area (Å²) >= 11 is 0. The Morgan fingerprint density at radius 1 is 1.43 bits per heavy atom. The summed E-state index contributed by atoms with van der Waals surface area (Å²) in [6.45, 7) is 4.25. The first-order chi connectivity index (χ1) is 10.1. The largest absolute Gasteiger partial charge is 0.488 e. The van der Waals surface area contributed by atoms with Crippen LogP contribution in [0.15, 0.2) is 24.3 Å². The van der Waals surface area contributed by atoms with E-state index in [2.05, 4.69) is 16.5 Å². The zero-order valence-corrected chi connectivity index (χ0v) is 12.5. The molecule has 1 aromatic heterocycles. The summed E-state index contributed by atoms with van der Waals surface area (Å²) in [5.74, 6) is 0.836. The first-order valence-electron chi connectivity index (χ1n) is 7.09. The molecule has 0 saturated heterocycles. The third kappa shape index (κ3) is 2.51. The van der Waals surface area contributed by atoms with E-state index in [0.29, 0.717) is 12.1 Å². The van der Waals surface area contributed by atoms with Crippen LogP contribution in [0.2, 0.25) is 0 Å². The molecule has 1 aliphatic heterocycles. The molecule has 0 bridgehead atoms. The molecule has 1 N–H and O–H groups in total. The van der Waals surface area contributed by atoms with E-state index in [1.165, 1.54) is 5.56 Å². The minimum atomic E-state index is -0.0855. The number of hydrogen-bond donors (Lipinski definition) is 1. The van der Waals surface area contributed by atoms with Crippen molar-refractivity contribution < 1.29 is 9.53 Å². The molecule has 5 heteroatoms. The molecule has 2 aromatic rings. The standard InChI is InChI=1S/C16H19N3O2/c1-10-15(11(2)19(3)18-10)16(20)17-9-13-8-12-6-4-5-7-14(12)21-13/h4-7,13H,8-9H2,1-3H3,(H,17,20). The molecule has 0 fully saturated rings. The van der Waals surface area contributed by atoms with Gasteiger partial charge in [0.15, 0.2) is 0 Å². The van der Waals surface area contributed by atoms with Gasteiger partial charge >= 0.3 is 0 Å². The van der Waals surface area contributed by atoms with E-state index in [-0.39, 0.29) is 12.0 Å². The number of ether oxygens (including phenoxy) is 1. The van der Waals surface area contributed by atoms with Crippen LogP contribution in [0, 0.1) is 13.8 Å². The van der Waals surface area contributed by atoms with E-state index in [4.69, 9.17) is 4.74 Å². The zero-order chi connectivity index (χ0) is 15.0. The van der Waals surface area contributed by atoms with Crippen molar-refractivity contribution in [2.45, 2.75) is 26.4 Å². The third-order valence-electron chi connectivity index (χ3n) is 3.94. The fraction of sp³-hybridized carbons (Fsp3) is 0.375. The maximum absolute atomic E-state index is 12.3. The fourth-order valence-electron chi connectivity index (χ4n) is 2.76. The zero-order valence-electron chi connectivity index (χ0n) is 12.5. The van der Waals surface area contributed by atoms with E-state index < -0.39 is 0 Å². The van der Waals surface area contributed by atoms with Crippen molar-refractivity contribution >= 4 is 5.91 Å². The number of amides is 1. The highest BCUT2D eigenvalue weighted by Crippen LogP contribution is 2.27. The molecule has 1 aliphatic rings. The molecule has 0 spiro atoms. The Bertz CT molecular complexity index is 666. The Morgan fingerprint density at radius 2 is 2.19 bits per heavy atom. The minimum Gasteiger partial charge on any atom is -0.488 e. The number of carbonyl (C=O) groups is 1. The van der Waals surface area contributed by atoms with Gasteiger partial charge in [-0.2, -0.15) is 5.10 Å². The van der Waals surface area contributed by atoms with Crippen molar-refractivity contribution in [3.63, 3.8) is 0 Å². The van der Waals surface area contributed by atoms with Crippen LogP contribution < -0.4 is 10.1 Å². The van der Waals surface area contributed by atoms with E-state index >= 15 is 0 Å². The Balaban J connectivity index is 1.63. The van der Waals surface area contributed by atoms with Gasteiger partial charge in [-0.15, -0.1) is 0 Å². The van der Waals surface area contributed by atoms with Gasteiger partial charge in [0.25, 0.3) is 5.91 Å². The number of para-hydroxylation sites is 1. The van der Waals surface area contributed by atoms with Crippen molar-refractivity contribution in [3.8, 4) is 5.75 Å². The van der Waals surface area contributed by atoms with Gasteiger partial charge in [0, 0.05) is 19.2 Å². The second-order valence-corrected chi connectivity index (χ2v) is 5.43. The van der Waals surface area contributed by atoms with Gasteiger partial charge in [-0.05, 0) is 25.5 Å². The molecule has 1 amide bonds. The molecule has 110 valence electrons. The van der Waals surface area contributed by atoms with Gasteiger partial charge in [-0.3, -0.25) is 9.48 Å². The van der Waals surface area contributed by atoms with Crippen molar-refractivity contribution in [2.75, 3.05) is 6.54 Å². The fourth-order valence-corrected chi connectivity index (χ4v) is 2.76. The summed E-state index contributed by atoms with van der Waals surface area (Å²) in [5.41, 5.74) is 3.49. The van der Waals surface area contributed by atoms with Gasteiger partial charge in [-0.25, -0.2) is 0 Å².